The first-order chi connectivity index (χ1) is 10.8. The fourth-order valence-corrected chi connectivity index (χ4v) is 2.81. The molecule has 0 saturated heterocycles. The highest BCUT2D eigenvalue weighted by Gasteiger charge is 2.37. The molecule has 4 nitrogen and oxygen atoms in total. The second-order valence-electron chi connectivity index (χ2n) is 7.36. The second kappa shape index (κ2) is 6.72. The van der Waals surface area contributed by atoms with Crippen LogP contribution in [0.15, 0.2) is 18.2 Å². The molecular weight excluding hydrogens is 288 g/mol. The van der Waals surface area contributed by atoms with E-state index in [0.717, 1.165) is 17.5 Å². The summed E-state index contributed by atoms with van der Waals surface area (Å²) in [5.74, 6) is -0.0449. The molecule has 2 rings (SSSR count). The summed E-state index contributed by atoms with van der Waals surface area (Å²) in [4.78, 5) is 14.3. The van der Waals surface area contributed by atoms with E-state index in [0.29, 0.717) is 18.7 Å². The number of ether oxygens (including phenoxy) is 1. The van der Waals surface area contributed by atoms with Crippen LogP contribution in [-0.4, -0.2) is 30.1 Å². The van der Waals surface area contributed by atoms with E-state index < -0.39 is 6.04 Å². The minimum absolute atomic E-state index is 0.00337. The molecule has 0 N–H and O–H groups in total. The lowest BCUT2D eigenvalue weighted by molar-refractivity contribution is 0.0611. The third kappa shape index (κ3) is 3.73. The van der Waals surface area contributed by atoms with Crippen LogP contribution in [0.1, 0.15) is 68.6 Å². The Labute approximate surface area is 139 Å². The van der Waals surface area contributed by atoms with Crippen molar-refractivity contribution < 1.29 is 9.53 Å². The van der Waals surface area contributed by atoms with Crippen LogP contribution in [0, 0.1) is 11.3 Å². The van der Waals surface area contributed by atoms with E-state index in [1.807, 2.05) is 32.0 Å². The first kappa shape index (κ1) is 17.5. The molecule has 0 aliphatic carbocycles. The molecule has 1 aromatic carbocycles. The van der Waals surface area contributed by atoms with Crippen molar-refractivity contribution in [2.75, 3.05) is 13.2 Å². The highest BCUT2D eigenvalue weighted by Crippen LogP contribution is 2.36. The monoisotopic (exact) mass is 314 g/mol. The van der Waals surface area contributed by atoms with Crippen molar-refractivity contribution in [1.29, 1.82) is 5.26 Å². The van der Waals surface area contributed by atoms with Crippen molar-refractivity contribution in [3.05, 3.63) is 34.9 Å². The molecule has 1 unspecified atom stereocenters. The molecule has 1 amide bonds. The second-order valence-corrected chi connectivity index (χ2v) is 7.36. The predicted molar refractivity (Wildman–Crippen MR) is 90.2 cm³/mol. The Bertz CT molecular complexity index is 623. The Hall–Kier alpha value is -1.86. The first-order valence-electron chi connectivity index (χ1n) is 8.22. The highest BCUT2D eigenvalue weighted by atomic mass is 16.5. The number of nitrogens with zero attached hydrogens (tertiary/aromatic N) is 2. The maximum atomic E-state index is 12.6. The molecular formula is C19H26N2O2. The van der Waals surface area contributed by atoms with Crippen molar-refractivity contribution in [2.24, 2.45) is 0 Å². The standard InChI is InChI=1S/C19H26N2O2/c1-13(2)23-10-6-9-21-17(12-20)16-11-14(19(3,4)5)7-8-15(16)18(21)22/h7-8,11,13,17H,6,9-10H2,1-5H3. The van der Waals surface area contributed by atoms with E-state index in [-0.39, 0.29) is 17.4 Å². The molecule has 0 spiro atoms. The number of hydrogen-bond acceptors (Lipinski definition) is 3. The smallest absolute Gasteiger partial charge is 0.255 e. The Morgan fingerprint density at radius 3 is 2.61 bits per heavy atom. The number of benzene rings is 1. The lowest BCUT2D eigenvalue weighted by Crippen LogP contribution is -2.29. The van der Waals surface area contributed by atoms with Gasteiger partial charge in [-0.2, -0.15) is 5.26 Å². The number of nitriles is 1. The van der Waals surface area contributed by atoms with Gasteiger partial charge >= 0.3 is 0 Å². The summed E-state index contributed by atoms with van der Waals surface area (Å²) in [5, 5.41) is 9.56. The summed E-state index contributed by atoms with van der Waals surface area (Å²) in [6.45, 7) is 11.5. The SMILES string of the molecule is CC(C)OCCCN1C(=O)c2ccc(C(C)(C)C)cc2C1C#N. The average molecular weight is 314 g/mol. The fraction of sp³-hybridized carbons (Fsp3) is 0.579. The van der Waals surface area contributed by atoms with Crippen molar-refractivity contribution >= 4 is 5.91 Å². The Morgan fingerprint density at radius 2 is 2.04 bits per heavy atom. The van der Waals surface area contributed by atoms with Gasteiger partial charge in [0.2, 0.25) is 0 Å². The highest BCUT2D eigenvalue weighted by molar-refractivity contribution is 5.99. The molecule has 0 fully saturated rings. The molecule has 1 heterocycles. The van der Waals surface area contributed by atoms with Gasteiger partial charge < -0.3 is 9.64 Å². The van der Waals surface area contributed by atoms with E-state index in [9.17, 15) is 10.1 Å². The number of rotatable bonds is 5. The molecule has 0 aromatic heterocycles. The third-order valence-electron chi connectivity index (χ3n) is 4.13. The molecule has 0 saturated carbocycles. The van der Waals surface area contributed by atoms with Gasteiger partial charge in [-0.15, -0.1) is 0 Å². The van der Waals surface area contributed by atoms with Gasteiger partial charge in [0.1, 0.15) is 6.04 Å². The van der Waals surface area contributed by atoms with Crippen LogP contribution < -0.4 is 0 Å². The molecule has 124 valence electrons. The number of hydrogen-bond donors (Lipinski definition) is 0. The zero-order chi connectivity index (χ0) is 17.2. The molecule has 4 heteroatoms. The summed E-state index contributed by atoms with van der Waals surface area (Å²) in [6, 6.07) is 7.69. The van der Waals surface area contributed by atoms with Crippen molar-refractivity contribution in [3.63, 3.8) is 0 Å². The molecule has 1 aromatic rings. The van der Waals surface area contributed by atoms with E-state index in [1.54, 1.807) is 4.90 Å². The van der Waals surface area contributed by atoms with Gasteiger partial charge in [0.15, 0.2) is 0 Å². The Kier molecular flexibility index (Phi) is 5.11. The molecule has 1 aliphatic rings. The number of carbonyl (C=O) groups excluding carboxylic acids is 1. The van der Waals surface area contributed by atoms with Gasteiger partial charge in [-0.3, -0.25) is 4.79 Å². The van der Waals surface area contributed by atoms with Gasteiger partial charge in [0, 0.05) is 24.3 Å². The summed E-state index contributed by atoms with van der Waals surface area (Å²) < 4.78 is 5.53. The number of fused-ring (bicyclic) bond motifs is 1. The lowest BCUT2D eigenvalue weighted by Gasteiger charge is -2.21. The van der Waals surface area contributed by atoms with Gasteiger partial charge in [-0.05, 0) is 37.3 Å². The summed E-state index contributed by atoms with van der Waals surface area (Å²) in [5.41, 5.74) is 2.65. The van der Waals surface area contributed by atoms with Gasteiger partial charge in [0.25, 0.3) is 5.91 Å². The largest absolute Gasteiger partial charge is 0.379 e. The average Bonchev–Trinajstić information content (AvgIpc) is 2.74. The maximum Gasteiger partial charge on any atom is 0.255 e. The fourth-order valence-electron chi connectivity index (χ4n) is 2.81. The Balaban J connectivity index is 2.19. The number of amides is 1. The van der Waals surface area contributed by atoms with Crippen LogP contribution >= 0.6 is 0 Å². The van der Waals surface area contributed by atoms with E-state index >= 15 is 0 Å². The van der Waals surface area contributed by atoms with Crippen LogP contribution in [0.3, 0.4) is 0 Å². The van der Waals surface area contributed by atoms with Crippen LogP contribution in [0.25, 0.3) is 0 Å². The summed E-state index contributed by atoms with van der Waals surface area (Å²) >= 11 is 0. The van der Waals surface area contributed by atoms with Crippen molar-refractivity contribution in [3.8, 4) is 6.07 Å². The minimum atomic E-state index is -0.487. The molecule has 1 atom stereocenters. The normalized spacial score (nSPS) is 17.5. The molecule has 0 radical (unpaired) electrons. The topological polar surface area (TPSA) is 53.3 Å². The van der Waals surface area contributed by atoms with E-state index in [4.69, 9.17) is 4.74 Å². The Morgan fingerprint density at radius 1 is 1.35 bits per heavy atom. The molecule has 23 heavy (non-hydrogen) atoms. The summed E-state index contributed by atoms with van der Waals surface area (Å²) in [7, 11) is 0. The first-order valence-corrected chi connectivity index (χ1v) is 8.22. The number of carbonyl (C=O) groups is 1. The zero-order valence-corrected chi connectivity index (χ0v) is 14.7. The predicted octanol–water partition coefficient (Wildman–Crippen LogP) is 3.82. The molecule has 1 aliphatic heterocycles. The van der Waals surface area contributed by atoms with E-state index in [1.165, 1.54) is 0 Å². The van der Waals surface area contributed by atoms with Crippen LogP contribution in [-0.2, 0) is 10.2 Å². The van der Waals surface area contributed by atoms with Crippen molar-refractivity contribution in [2.45, 2.75) is 58.6 Å². The maximum absolute atomic E-state index is 12.6. The van der Waals surface area contributed by atoms with Gasteiger partial charge in [0.05, 0.1) is 12.2 Å². The van der Waals surface area contributed by atoms with Crippen LogP contribution in [0.5, 0.6) is 0 Å². The third-order valence-corrected chi connectivity index (χ3v) is 4.13. The quantitative estimate of drug-likeness (QED) is 0.776. The zero-order valence-electron chi connectivity index (χ0n) is 14.7. The minimum Gasteiger partial charge on any atom is -0.379 e. The summed E-state index contributed by atoms with van der Waals surface area (Å²) in [6.07, 6.45) is 0.921. The van der Waals surface area contributed by atoms with Gasteiger partial charge in [-0.25, -0.2) is 0 Å². The van der Waals surface area contributed by atoms with Crippen molar-refractivity contribution in [1.82, 2.24) is 4.90 Å². The van der Waals surface area contributed by atoms with Crippen LogP contribution in [0.2, 0.25) is 0 Å². The molecule has 0 bridgehead atoms. The van der Waals surface area contributed by atoms with Crippen LogP contribution in [0.4, 0.5) is 0 Å². The lowest BCUT2D eigenvalue weighted by atomic mass is 9.85. The van der Waals surface area contributed by atoms with Gasteiger partial charge in [-0.1, -0.05) is 32.9 Å². The van der Waals surface area contributed by atoms with E-state index in [2.05, 4.69) is 26.8 Å².